The minimum absolute atomic E-state index is 0.240. The zero-order chi connectivity index (χ0) is 4.12. The van der Waals surface area contributed by atoms with E-state index in [1.807, 2.05) is 0 Å². The minimum Gasteiger partial charge on any atom is -0.211 e. The van der Waals surface area contributed by atoms with Crippen molar-refractivity contribution >= 4 is 18.7 Å². The van der Waals surface area contributed by atoms with Crippen LogP contribution in [0.4, 0.5) is 0 Å². The van der Waals surface area contributed by atoms with Gasteiger partial charge in [0, 0.05) is 0 Å². The van der Waals surface area contributed by atoms with Gasteiger partial charge < -0.3 is 0 Å². The smallest absolute Gasteiger partial charge is 0.211 e. The van der Waals surface area contributed by atoms with E-state index in [1.165, 1.54) is 6.08 Å². The molecule has 0 amide bonds. The fraction of sp³-hybridized carbons (Fsp3) is 0.500. The van der Waals surface area contributed by atoms with Crippen molar-refractivity contribution in [3.8, 4) is 0 Å². The fourth-order valence-electron chi connectivity index (χ4n) is 0.0289. The van der Waals surface area contributed by atoms with Crippen LogP contribution in [0, 0.1) is 0 Å². The summed E-state index contributed by atoms with van der Waals surface area (Å²) in [4.78, 5) is 12.1. The Morgan fingerprint density at radius 2 is 2.60 bits per heavy atom. The van der Waals surface area contributed by atoms with E-state index in [1.54, 1.807) is 0 Å². The van der Waals surface area contributed by atoms with Crippen LogP contribution in [0.5, 0.6) is 0 Å². The Morgan fingerprint density at radius 1 is 2.00 bits per heavy atom. The highest BCUT2D eigenvalue weighted by Gasteiger charge is 1.52. The van der Waals surface area contributed by atoms with Gasteiger partial charge in [-0.15, -0.1) is 0 Å². The highest BCUT2D eigenvalue weighted by molar-refractivity contribution is 7.80. The van der Waals surface area contributed by atoms with Gasteiger partial charge in [0.25, 0.3) is 0 Å². The lowest BCUT2D eigenvalue weighted by atomic mass is 11.4. The summed E-state index contributed by atoms with van der Waals surface area (Å²) in [6.07, 6.45) is 1.32. The number of hydrogen-bond donors (Lipinski definition) is 1. The molecule has 3 heteroatoms. The van der Waals surface area contributed by atoms with Crippen molar-refractivity contribution in [1.82, 2.24) is 0 Å². The van der Waals surface area contributed by atoms with Gasteiger partial charge >= 0.3 is 0 Å². The van der Waals surface area contributed by atoms with Crippen molar-refractivity contribution in [3.05, 3.63) is 0 Å². The van der Waals surface area contributed by atoms with Crippen LogP contribution >= 0.6 is 12.6 Å². The lowest BCUT2D eigenvalue weighted by molar-refractivity contribution is 0.564. The monoisotopic (exact) mass is 89.0 g/mol. The third kappa shape index (κ3) is 3.73. The molecule has 0 bridgehead atoms. The minimum atomic E-state index is 0.240. The van der Waals surface area contributed by atoms with Gasteiger partial charge in [0.1, 0.15) is 0 Å². The van der Waals surface area contributed by atoms with Crippen LogP contribution in [0.2, 0.25) is 0 Å². The summed E-state index contributed by atoms with van der Waals surface area (Å²) in [5, 5.41) is 0. The molecule has 0 aliphatic rings. The summed E-state index contributed by atoms with van der Waals surface area (Å²) in [5.74, 6) is 0.240. The summed E-state index contributed by atoms with van der Waals surface area (Å²) >= 11 is 3.57. The van der Waals surface area contributed by atoms with E-state index in [0.717, 1.165) is 0 Å². The lowest BCUT2D eigenvalue weighted by Crippen LogP contribution is -1.53. The van der Waals surface area contributed by atoms with E-state index >= 15 is 0 Å². The number of isocyanates is 1. The van der Waals surface area contributed by atoms with Gasteiger partial charge in [0.15, 0.2) is 0 Å². The standard InChI is InChI=1S/C2H3NOS/c4-1-3-2-5/h5H,2H2. The highest BCUT2D eigenvalue weighted by atomic mass is 32.1. The van der Waals surface area contributed by atoms with Crippen molar-refractivity contribution in [3.63, 3.8) is 0 Å². The molecule has 0 aliphatic carbocycles. The second-order valence-corrected chi connectivity index (χ2v) is 0.674. The average molecular weight is 89.1 g/mol. The molecular weight excluding hydrogens is 86.1 g/mol. The summed E-state index contributed by atoms with van der Waals surface area (Å²) in [5.41, 5.74) is 0. The lowest BCUT2D eigenvalue weighted by Gasteiger charge is -1.58. The molecule has 2 nitrogen and oxygen atoms in total. The summed E-state index contributed by atoms with van der Waals surface area (Å²) in [6, 6.07) is 0. The SMILES string of the molecule is O=C=NCS. The number of aliphatic imine (C=N–C) groups is 1. The molecule has 0 saturated heterocycles. The van der Waals surface area contributed by atoms with Crippen molar-refractivity contribution in [1.29, 1.82) is 0 Å². The van der Waals surface area contributed by atoms with Gasteiger partial charge in [-0.1, -0.05) is 0 Å². The number of thiol groups is 1. The van der Waals surface area contributed by atoms with Gasteiger partial charge in [-0.2, -0.15) is 17.6 Å². The molecule has 0 saturated carbocycles. The van der Waals surface area contributed by atoms with Crippen LogP contribution < -0.4 is 0 Å². The quantitative estimate of drug-likeness (QED) is 0.278. The molecule has 5 heavy (non-hydrogen) atoms. The topological polar surface area (TPSA) is 29.4 Å². The Kier molecular flexibility index (Phi) is 3.53. The molecule has 0 aromatic heterocycles. The Bertz CT molecular complexity index is 56.7. The van der Waals surface area contributed by atoms with Gasteiger partial charge in [0.05, 0.1) is 5.88 Å². The molecule has 0 aliphatic heterocycles. The summed E-state index contributed by atoms with van der Waals surface area (Å²) in [6.45, 7) is 0. The molecule has 0 atom stereocenters. The van der Waals surface area contributed by atoms with Crippen LogP contribution in [-0.2, 0) is 4.79 Å². The molecule has 0 spiro atoms. The molecule has 0 N–H and O–H groups in total. The second kappa shape index (κ2) is 3.73. The zero-order valence-electron chi connectivity index (χ0n) is 2.51. The van der Waals surface area contributed by atoms with E-state index < -0.39 is 0 Å². The van der Waals surface area contributed by atoms with Gasteiger partial charge in [0.2, 0.25) is 6.08 Å². The molecule has 0 rings (SSSR count). The molecule has 0 fully saturated rings. The molecule has 0 aromatic carbocycles. The van der Waals surface area contributed by atoms with E-state index in [2.05, 4.69) is 17.6 Å². The molecule has 0 aromatic rings. The molecule has 0 radical (unpaired) electrons. The summed E-state index contributed by atoms with van der Waals surface area (Å²) in [7, 11) is 0. The van der Waals surface area contributed by atoms with Crippen LogP contribution in [0.15, 0.2) is 4.99 Å². The van der Waals surface area contributed by atoms with Crippen LogP contribution in [0.3, 0.4) is 0 Å². The number of rotatable bonds is 1. The van der Waals surface area contributed by atoms with Crippen LogP contribution in [0.25, 0.3) is 0 Å². The number of nitrogens with zero attached hydrogens (tertiary/aromatic N) is 1. The summed E-state index contributed by atoms with van der Waals surface area (Å²) < 4.78 is 0. The normalized spacial score (nSPS) is 5.80. The molecule has 28 valence electrons. The predicted molar refractivity (Wildman–Crippen MR) is 22.0 cm³/mol. The van der Waals surface area contributed by atoms with Crippen LogP contribution in [-0.4, -0.2) is 12.0 Å². The van der Waals surface area contributed by atoms with Crippen molar-refractivity contribution in [2.75, 3.05) is 5.88 Å². The highest BCUT2D eigenvalue weighted by Crippen LogP contribution is 1.65. The van der Waals surface area contributed by atoms with Gasteiger partial charge in [-0.25, -0.2) is 4.79 Å². The Morgan fingerprint density at radius 3 is 2.60 bits per heavy atom. The molecule has 0 heterocycles. The maximum atomic E-state index is 9.06. The Hall–Kier alpha value is -0.270. The first kappa shape index (κ1) is 4.73. The first-order valence-corrected chi connectivity index (χ1v) is 1.69. The van der Waals surface area contributed by atoms with Crippen molar-refractivity contribution < 1.29 is 4.79 Å². The van der Waals surface area contributed by atoms with E-state index in [9.17, 15) is 0 Å². The van der Waals surface area contributed by atoms with E-state index in [4.69, 9.17) is 4.79 Å². The zero-order valence-corrected chi connectivity index (χ0v) is 3.40. The van der Waals surface area contributed by atoms with Crippen LogP contribution in [0.1, 0.15) is 0 Å². The first-order valence-electron chi connectivity index (χ1n) is 1.06. The Labute approximate surface area is 35.3 Å². The van der Waals surface area contributed by atoms with Crippen molar-refractivity contribution in [2.24, 2.45) is 4.99 Å². The predicted octanol–water partition coefficient (Wildman–Crippen LogP) is 0.210. The first-order chi connectivity index (χ1) is 2.41. The van der Waals surface area contributed by atoms with Gasteiger partial charge in [-0.3, -0.25) is 0 Å². The third-order valence-corrected chi connectivity index (χ3v) is 0.277. The Balaban J connectivity index is 2.93. The number of carbonyl (C=O) groups excluding carboxylic acids is 1. The fourth-order valence-corrected chi connectivity index (χ4v) is 0.0866. The van der Waals surface area contributed by atoms with E-state index in [0.29, 0.717) is 0 Å². The number of hydrogen-bond acceptors (Lipinski definition) is 3. The average Bonchev–Trinajstić information content (AvgIpc) is 1.41. The molecular formula is C2H3NOS. The van der Waals surface area contributed by atoms with Gasteiger partial charge in [-0.05, 0) is 0 Å². The van der Waals surface area contributed by atoms with E-state index in [-0.39, 0.29) is 5.88 Å². The van der Waals surface area contributed by atoms with Crippen molar-refractivity contribution in [2.45, 2.75) is 0 Å². The third-order valence-electron chi connectivity index (χ3n) is 0.135. The molecule has 0 unspecified atom stereocenters. The largest absolute Gasteiger partial charge is 0.235 e. The second-order valence-electron chi connectivity index (χ2n) is 0.391. The maximum Gasteiger partial charge on any atom is 0.235 e. The maximum absolute atomic E-state index is 9.06.